The maximum Gasteiger partial charge on any atom is 0.191 e. The molecular weight excluding hydrogens is 488 g/mol. The molecule has 8 nitrogen and oxygen atoms in total. The molecule has 1 aromatic heterocycles. The number of nitrogens with zero attached hydrogens (tertiary/aromatic N) is 3. The zero-order valence-corrected chi connectivity index (χ0v) is 23.8. The van der Waals surface area contributed by atoms with Crippen molar-refractivity contribution in [3.8, 4) is 17.2 Å². The molecule has 1 aliphatic rings. The van der Waals surface area contributed by atoms with E-state index in [1.807, 2.05) is 55.9 Å². The molecule has 2 heterocycles. The van der Waals surface area contributed by atoms with E-state index in [2.05, 4.69) is 65.6 Å². The lowest BCUT2D eigenvalue weighted by molar-refractivity contribution is 0.334. The van der Waals surface area contributed by atoms with Gasteiger partial charge < -0.3 is 29.6 Å². The van der Waals surface area contributed by atoms with Crippen LogP contribution in [0, 0.1) is 13.8 Å². The highest BCUT2D eigenvalue weighted by atomic mass is 16.5. The van der Waals surface area contributed by atoms with Crippen molar-refractivity contribution in [2.24, 2.45) is 5.73 Å². The molecule has 0 fully saturated rings. The SMILES string of the molecule is CCOc1cc(C)c(C2(N)Nc3c(Nc4ccc(-n5cnc(C)c5)c(OC)c4)cccc3N2C)cc1C(C)C. The third kappa shape index (κ3) is 4.65. The minimum absolute atomic E-state index is 0.296. The number of aryl methyl sites for hydroxylation is 2. The molecule has 1 unspecified atom stereocenters. The van der Waals surface area contributed by atoms with E-state index in [1.54, 1.807) is 13.4 Å². The molecule has 0 bridgehead atoms. The number of anilines is 4. The standard InChI is InChI=1S/C31H38N6O2/c1-8-39-28-14-20(4)24(16-23(28)19(2)3)31(32)35-30-25(10-9-11-27(30)36(31)6)34-22-12-13-26(29(15-22)38-7)37-17-21(5)33-18-37/h9-19,34-35H,8,32H2,1-7H3. The molecule has 4 N–H and O–H groups in total. The van der Waals surface area contributed by atoms with Gasteiger partial charge >= 0.3 is 0 Å². The smallest absolute Gasteiger partial charge is 0.191 e. The summed E-state index contributed by atoms with van der Waals surface area (Å²) in [6, 6.07) is 16.5. The van der Waals surface area contributed by atoms with Gasteiger partial charge in [-0.1, -0.05) is 19.9 Å². The zero-order chi connectivity index (χ0) is 27.9. The largest absolute Gasteiger partial charge is 0.494 e. The summed E-state index contributed by atoms with van der Waals surface area (Å²) in [4.78, 5) is 6.44. The van der Waals surface area contributed by atoms with E-state index in [0.717, 1.165) is 62.3 Å². The van der Waals surface area contributed by atoms with Crippen molar-refractivity contribution in [1.29, 1.82) is 0 Å². The van der Waals surface area contributed by atoms with Crippen molar-refractivity contribution in [2.45, 2.75) is 46.3 Å². The van der Waals surface area contributed by atoms with E-state index in [9.17, 15) is 0 Å². The number of imidazole rings is 1. The average Bonchev–Trinajstić information content (AvgIpc) is 3.45. The lowest BCUT2D eigenvalue weighted by Crippen LogP contribution is -2.54. The Bertz CT molecular complexity index is 1510. The Hall–Kier alpha value is -4.17. The van der Waals surface area contributed by atoms with Crippen molar-refractivity contribution in [1.82, 2.24) is 9.55 Å². The summed E-state index contributed by atoms with van der Waals surface area (Å²) in [5.41, 5.74) is 16.1. The van der Waals surface area contributed by atoms with Gasteiger partial charge in [0.2, 0.25) is 0 Å². The quantitative estimate of drug-likeness (QED) is 0.245. The van der Waals surface area contributed by atoms with Crippen LogP contribution < -0.4 is 30.7 Å². The number of benzene rings is 3. The fraction of sp³-hybridized carbons (Fsp3) is 0.323. The van der Waals surface area contributed by atoms with Gasteiger partial charge in [-0.2, -0.15) is 0 Å². The average molecular weight is 527 g/mol. The van der Waals surface area contributed by atoms with E-state index >= 15 is 0 Å². The van der Waals surface area contributed by atoms with Crippen LogP contribution in [0.25, 0.3) is 5.69 Å². The Morgan fingerprint density at radius 1 is 1.08 bits per heavy atom. The van der Waals surface area contributed by atoms with Crippen LogP contribution in [-0.4, -0.2) is 30.3 Å². The summed E-state index contributed by atoms with van der Waals surface area (Å²) in [5, 5.41) is 7.22. The first-order chi connectivity index (χ1) is 18.7. The predicted molar refractivity (Wildman–Crippen MR) is 159 cm³/mol. The molecule has 0 radical (unpaired) electrons. The van der Waals surface area contributed by atoms with E-state index in [4.69, 9.17) is 15.2 Å². The number of fused-ring (bicyclic) bond motifs is 1. The Morgan fingerprint density at radius 3 is 2.54 bits per heavy atom. The van der Waals surface area contributed by atoms with Gasteiger partial charge in [-0.05, 0) is 74.2 Å². The first kappa shape index (κ1) is 26.4. The van der Waals surface area contributed by atoms with Crippen LogP contribution in [0.5, 0.6) is 11.5 Å². The van der Waals surface area contributed by atoms with Gasteiger partial charge in [0.25, 0.3) is 0 Å². The van der Waals surface area contributed by atoms with Gasteiger partial charge in [0.05, 0.1) is 48.5 Å². The maximum atomic E-state index is 7.18. The van der Waals surface area contributed by atoms with Crippen LogP contribution in [0.3, 0.4) is 0 Å². The second-order valence-corrected chi connectivity index (χ2v) is 10.4. The van der Waals surface area contributed by atoms with Crippen LogP contribution in [0.1, 0.15) is 49.1 Å². The molecular formula is C31H38N6O2. The topological polar surface area (TPSA) is 89.6 Å². The summed E-state index contributed by atoms with van der Waals surface area (Å²) in [6.45, 7) is 11.0. The van der Waals surface area contributed by atoms with Crippen molar-refractivity contribution in [2.75, 3.05) is 36.3 Å². The van der Waals surface area contributed by atoms with Crippen molar-refractivity contribution in [3.05, 3.63) is 83.4 Å². The van der Waals surface area contributed by atoms with E-state index in [1.165, 1.54) is 0 Å². The number of methoxy groups -OCH3 is 1. The molecule has 0 amide bonds. The van der Waals surface area contributed by atoms with E-state index in [0.29, 0.717) is 12.5 Å². The summed E-state index contributed by atoms with van der Waals surface area (Å²) in [6.07, 6.45) is 3.77. The number of nitrogens with one attached hydrogen (secondary N) is 2. The number of para-hydroxylation sites is 1. The van der Waals surface area contributed by atoms with E-state index < -0.39 is 5.79 Å². The van der Waals surface area contributed by atoms with Gasteiger partial charge in [0.1, 0.15) is 11.5 Å². The molecule has 1 atom stereocenters. The Labute approximate surface area is 230 Å². The van der Waals surface area contributed by atoms with Crippen molar-refractivity contribution >= 4 is 22.7 Å². The first-order valence-electron chi connectivity index (χ1n) is 13.3. The minimum Gasteiger partial charge on any atom is -0.494 e. The molecule has 4 aromatic rings. The van der Waals surface area contributed by atoms with Gasteiger partial charge in [-0.25, -0.2) is 4.98 Å². The fourth-order valence-electron chi connectivity index (χ4n) is 5.29. The summed E-state index contributed by atoms with van der Waals surface area (Å²) < 4.78 is 13.6. The summed E-state index contributed by atoms with van der Waals surface area (Å²) in [7, 11) is 3.70. The summed E-state index contributed by atoms with van der Waals surface area (Å²) in [5.74, 6) is 1.03. The highest BCUT2D eigenvalue weighted by molar-refractivity contribution is 5.90. The minimum atomic E-state index is -0.931. The van der Waals surface area contributed by atoms with Gasteiger partial charge in [-0.15, -0.1) is 0 Å². The number of ether oxygens (including phenoxy) is 2. The number of nitrogens with two attached hydrogens (primary N) is 1. The molecule has 39 heavy (non-hydrogen) atoms. The number of hydrogen-bond acceptors (Lipinski definition) is 7. The van der Waals surface area contributed by atoms with Crippen molar-refractivity contribution < 1.29 is 9.47 Å². The maximum absolute atomic E-state index is 7.18. The lowest BCUT2D eigenvalue weighted by Gasteiger charge is -2.36. The van der Waals surface area contributed by atoms with Gasteiger partial charge in [0, 0.05) is 30.6 Å². The highest BCUT2D eigenvalue weighted by Crippen LogP contribution is 2.47. The zero-order valence-electron chi connectivity index (χ0n) is 23.8. The third-order valence-electron chi connectivity index (χ3n) is 7.39. The second-order valence-electron chi connectivity index (χ2n) is 10.4. The molecule has 0 saturated carbocycles. The predicted octanol–water partition coefficient (Wildman–Crippen LogP) is 6.39. The lowest BCUT2D eigenvalue weighted by atomic mass is 9.93. The van der Waals surface area contributed by atoms with Crippen LogP contribution in [0.15, 0.2) is 61.1 Å². The van der Waals surface area contributed by atoms with Crippen LogP contribution in [0.4, 0.5) is 22.7 Å². The van der Waals surface area contributed by atoms with Gasteiger partial charge in [0.15, 0.2) is 5.79 Å². The van der Waals surface area contributed by atoms with Crippen LogP contribution in [0.2, 0.25) is 0 Å². The van der Waals surface area contributed by atoms with Crippen LogP contribution in [-0.2, 0) is 5.79 Å². The monoisotopic (exact) mass is 526 g/mol. The Morgan fingerprint density at radius 2 is 1.87 bits per heavy atom. The number of hydrogen-bond donors (Lipinski definition) is 3. The highest BCUT2D eigenvalue weighted by Gasteiger charge is 2.42. The van der Waals surface area contributed by atoms with Crippen LogP contribution >= 0.6 is 0 Å². The van der Waals surface area contributed by atoms with E-state index in [-0.39, 0.29) is 0 Å². The normalized spacial score (nSPS) is 16.3. The molecule has 0 aliphatic carbocycles. The first-order valence-corrected chi connectivity index (χ1v) is 13.3. The van der Waals surface area contributed by atoms with Crippen molar-refractivity contribution in [3.63, 3.8) is 0 Å². The molecule has 3 aromatic carbocycles. The fourth-order valence-corrected chi connectivity index (χ4v) is 5.29. The number of rotatable bonds is 8. The molecule has 1 aliphatic heterocycles. The Balaban J connectivity index is 1.50. The molecule has 0 spiro atoms. The number of aromatic nitrogens is 2. The molecule has 5 rings (SSSR count). The molecule has 0 saturated heterocycles. The summed E-state index contributed by atoms with van der Waals surface area (Å²) >= 11 is 0. The second kappa shape index (κ2) is 10.2. The molecule has 204 valence electrons. The Kier molecular flexibility index (Phi) is 6.91. The third-order valence-corrected chi connectivity index (χ3v) is 7.39. The molecule has 8 heteroatoms. The van der Waals surface area contributed by atoms with Gasteiger partial charge in [-0.3, -0.25) is 5.73 Å².